The molecule has 0 aliphatic carbocycles. The summed E-state index contributed by atoms with van der Waals surface area (Å²) < 4.78 is -0.0906. The topological polar surface area (TPSA) is 46.2 Å². The van der Waals surface area contributed by atoms with Gasteiger partial charge in [-0.25, -0.2) is 5.21 Å². The van der Waals surface area contributed by atoms with E-state index in [1.165, 1.54) is 0 Å². The number of quaternary nitrogens is 1. The number of anilines is 1. The SMILES string of the molecule is CC[N+](O)(CC)c1ccccc1N. The Kier molecular flexibility index (Phi) is 2.90. The van der Waals surface area contributed by atoms with Crippen molar-refractivity contribution >= 4 is 11.4 Å². The van der Waals surface area contributed by atoms with Gasteiger partial charge in [0.15, 0.2) is 5.69 Å². The van der Waals surface area contributed by atoms with Crippen molar-refractivity contribution in [1.29, 1.82) is 0 Å². The molecule has 0 unspecified atom stereocenters. The highest BCUT2D eigenvalue weighted by atomic mass is 16.5. The Morgan fingerprint density at radius 1 is 1.23 bits per heavy atom. The van der Waals surface area contributed by atoms with E-state index in [4.69, 9.17) is 5.73 Å². The molecule has 3 N–H and O–H groups in total. The number of hydroxylamine groups is 2. The van der Waals surface area contributed by atoms with E-state index in [-0.39, 0.29) is 4.65 Å². The molecule has 0 aliphatic heterocycles. The first-order valence-corrected chi connectivity index (χ1v) is 4.59. The Bertz CT molecular complexity index is 282. The number of para-hydroxylation sites is 2. The van der Waals surface area contributed by atoms with Crippen molar-refractivity contribution in [3.05, 3.63) is 24.3 Å². The number of hydrogen-bond acceptors (Lipinski definition) is 2. The maximum atomic E-state index is 10.1. The van der Waals surface area contributed by atoms with Gasteiger partial charge in [0.1, 0.15) is 13.1 Å². The van der Waals surface area contributed by atoms with Gasteiger partial charge in [0.2, 0.25) is 0 Å². The van der Waals surface area contributed by atoms with Crippen LogP contribution in [-0.4, -0.2) is 18.3 Å². The highest BCUT2D eigenvalue weighted by molar-refractivity contribution is 5.63. The molecule has 0 aromatic heterocycles. The molecule has 3 heteroatoms. The smallest absolute Gasteiger partial charge is 0.188 e. The summed E-state index contributed by atoms with van der Waals surface area (Å²) in [5.74, 6) is 0. The second-order valence-corrected chi connectivity index (χ2v) is 3.11. The summed E-state index contributed by atoms with van der Waals surface area (Å²) in [4.78, 5) is 0. The molecule has 0 amide bonds. The third kappa shape index (κ3) is 1.82. The van der Waals surface area contributed by atoms with Gasteiger partial charge in [-0.2, -0.15) is 0 Å². The molecular weight excluding hydrogens is 164 g/mol. The molecule has 1 rings (SSSR count). The van der Waals surface area contributed by atoms with E-state index in [0.29, 0.717) is 18.8 Å². The average Bonchev–Trinajstić information content (AvgIpc) is 2.17. The number of nitrogens with zero attached hydrogens (tertiary/aromatic N) is 1. The molecule has 0 aliphatic rings. The van der Waals surface area contributed by atoms with E-state index in [9.17, 15) is 5.21 Å². The Morgan fingerprint density at radius 2 is 1.77 bits per heavy atom. The van der Waals surface area contributed by atoms with Crippen molar-refractivity contribution in [2.45, 2.75) is 13.8 Å². The first-order chi connectivity index (χ1) is 6.14. The van der Waals surface area contributed by atoms with Gasteiger partial charge in [0.25, 0.3) is 0 Å². The molecule has 3 nitrogen and oxygen atoms in total. The average molecular weight is 181 g/mol. The Hall–Kier alpha value is -1.06. The maximum Gasteiger partial charge on any atom is 0.188 e. The molecule has 0 fully saturated rings. The highest BCUT2D eigenvalue weighted by Gasteiger charge is 2.26. The van der Waals surface area contributed by atoms with Crippen LogP contribution in [0.3, 0.4) is 0 Å². The molecule has 1 aromatic rings. The minimum atomic E-state index is -0.0906. The fraction of sp³-hybridized carbons (Fsp3) is 0.400. The summed E-state index contributed by atoms with van der Waals surface area (Å²) in [5.41, 5.74) is 7.21. The second kappa shape index (κ2) is 3.77. The lowest BCUT2D eigenvalue weighted by atomic mass is 10.2. The number of hydrogen-bond donors (Lipinski definition) is 2. The van der Waals surface area contributed by atoms with Crippen LogP contribution in [0, 0.1) is 0 Å². The van der Waals surface area contributed by atoms with Gasteiger partial charge in [0, 0.05) is 6.07 Å². The van der Waals surface area contributed by atoms with E-state index < -0.39 is 0 Å². The van der Waals surface area contributed by atoms with Crippen LogP contribution in [0.25, 0.3) is 0 Å². The van der Waals surface area contributed by atoms with E-state index in [2.05, 4.69) is 0 Å². The molecule has 0 saturated carbocycles. The van der Waals surface area contributed by atoms with Crippen LogP contribution in [0.2, 0.25) is 0 Å². The summed E-state index contributed by atoms with van der Waals surface area (Å²) in [7, 11) is 0. The van der Waals surface area contributed by atoms with E-state index in [0.717, 1.165) is 5.69 Å². The summed E-state index contributed by atoms with van der Waals surface area (Å²) in [6.45, 7) is 5.14. The lowest BCUT2D eigenvalue weighted by Crippen LogP contribution is -2.45. The zero-order valence-corrected chi connectivity index (χ0v) is 8.20. The van der Waals surface area contributed by atoms with Crippen molar-refractivity contribution in [1.82, 2.24) is 4.65 Å². The maximum absolute atomic E-state index is 10.1. The standard InChI is InChI=1S/C10H17N2O/c1-3-12(13,4-2)10-8-6-5-7-9(10)11/h5-8,13H,3-4,11H2,1-2H3/q+1. The summed E-state index contributed by atoms with van der Waals surface area (Å²) in [6, 6.07) is 7.43. The van der Waals surface area contributed by atoms with Gasteiger partial charge in [-0.1, -0.05) is 12.1 Å². The van der Waals surface area contributed by atoms with Gasteiger partial charge >= 0.3 is 0 Å². The minimum absolute atomic E-state index is 0.0906. The molecule has 0 heterocycles. The van der Waals surface area contributed by atoms with Crippen molar-refractivity contribution in [3.8, 4) is 0 Å². The molecule has 13 heavy (non-hydrogen) atoms. The fourth-order valence-corrected chi connectivity index (χ4v) is 1.43. The van der Waals surface area contributed by atoms with Crippen LogP contribution in [0.1, 0.15) is 13.8 Å². The molecular formula is C10H17N2O+. The van der Waals surface area contributed by atoms with Crippen molar-refractivity contribution in [2.24, 2.45) is 0 Å². The van der Waals surface area contributed by atoms with Crippen LogP contribution in [0.15, 0.2) is 24.3 Å². The van der Waals surface area contributed by atoms with Crippen molar-refractivity contribution < 1.29 is 5.21 Å². The molecule has 72 valence electrons. The largest absolute Gasteiger partial charge is 0.394 e. The van der Waals surface area contributed by atoms with E-state index >= 15 is 0 Å². The Balaban J connectivity index is 3.12. The van der Waals surface area contributed by atoms with Crippen LogP contribution in [0.5, 0.6) is 0 Å². The third-order valence-electron chi connectivity index (χ3n) is 2.43. The van der Waals surface area contributed by atoms with Gasteiger partial charge in [-0.3, -0.25) is 0 Å². The van der Waals surface area contributed by atoms with Crippen molar-refractivity contribution in [2.75, 3.05) is 18.8 Å². The first-order valence-electron chi connectivity index (χ1n) is 4.59. The lowest BCUT2D eigenvalue weighted by Gasteiger charge is -2.27. The lowest BCUT2D eigenvalue weighted by molar-refractivity contribution is -0.0703. The molecule has 0 radical (unpaired) electrons. The third-order valence-corrected chi connectivity index (χ3v) is 2.43. The van der Waals surface area contributed by atoms with Gasteiger partial charge in [-0.05, 0) is 19.9 Å². The normalized spacial score (nSPS) is 11.6. The zero-order valence-electron chi connectivity index (χ0n) is 8.20. The fourth-order valence-electron chi connectivity index (χ4n) is 1.43. The molecule has 0 spiro atoms. The summed E-state index contributed by atoms with van der Waals surface area (Å²) in [6.07, 6.45) is 0. The molecule has 0 bridgehead atoms. The Labute approximate surface area is 78.9 Å². The van der Waals surface area contributed by atoms with Crippen LogP contribution < -0.4 is 10.4 Å². The van der Waals surface area contributed by atoms with Crippen LogP contribution in [0.4, 0.5) is 11.4 Å². The van der Waals surface area contributed by atoms with Crippen molar-refractivity contribution in [3.63, 3.8) is 0 Å². The minimum Gasteiger partial charge on any atom is -0.394 e. The predicted octanol–water partition coefficient (Wildman–Crippen LogP) is 2.01. The first kappa shape index (κ1) is 10.0. The van der Waals surface area contributed by atoms with E-state index in [1.807, 2.05) is 38.1 Å². The number of nitrogen functional groups attached to an aromatic ring is 1. The van der Waals surface area contributed by atoms with E-state index in [1.54, 1.807) is 0 Å². The van der Waals surface area contributed by atoms with Gasteiger partial charge in [0.05, 0.1) is 5.69 Å². The highest BCUT2D eigenvalue weighted by Crippen LogP contribution is 2.26. The Morgan fingerprint density at radius 3 is 2.23 bits per heavy atom. The van der Waals surface area contributed by atoms with Crippen LogP contribution in [-0.2, 0) is 0 Å². The number of nitrogens with two attached hydrogens (primary N) is 1. The second-order valence-electron chi connectivity index (χ2n) is 3.11. The molecule has 1 aromatic carbocycles. The number of rotatable bonds is 3. The summed E-state index contributed by atoms with van der Waals surface area (Å²) in [5, 5.41) is 10.1. The zero-order chi connectivity index (χ0) is 9.90. The predicted molar refractivity (Wildman–Crippen MR) is 55.5 cm³/mol. The van der Waals surface area contributed by atoms with Gasteiger partial charge < -0.3 is 5.73 Å². The van der Waals surface area contributed by atoms with Gasteiger partial charge in [-0.15, -0.1) is 4.65 Å². The number of benzene rings is 1. The molecule has 0 atom stereocenters. The quantitative estimate of drug-likeness (QED) is 0.425. The molecule has 0 saturated heterocycles. The monoisotopic (exact) mass is 181 g/mol. The summed E-state index contributed by atoms with van der Waals surface area (Å²) >= 11 is 0. The van der Waals surface area contributed by atoms with Crippen LogP contribution >= 0.6 is 0 Å².